The molecule has 1 saturated heterocycles. The van der Waals surface area contributed by atoms with Gasteiger partial charge in [0.1, 0.15) is 5.60 Å². The molecule has 23 heavy (non-hydrogen) atoms. The maximum absolute atomic E-state index is 12.1. The number of halogens is 1. The molecule has 0 aromatic heterocycles. The quantitative estimate of drug-likeness (QED) is 0.400. The van der Waals surface area contributed by atoms with Crippen molar-refractivity contribution in [1.29, 1.82) is 0 Å². The lowest BCUT2D eigenvalue weighted by molar-refractivity contribution is 0.0255. The third-order valence-electron chi connectivity index (χ3n) is 3.12. The summed E-state index contributed by atoms with van der Waals surface area (Å²) in [5.41, 5.74) is 5.49. The summed E-state index contributed by atoms with van der Waals surface area (Å²) in [6, 6.07) is 0. The van der Waals surface area contributed by atoms with Crippen LogP contribution >= 0.6 is 24.0 Å². The highest BCUT2D eigenvalue weighted by Crippen LogP contribution is 2.10. The average Bonchev–Trinajstić information content (AvgIpc) is 2.45. The summed E-state index contributed by atoms with van der Waals surface area (Å²) in [5.74, 6) is 0.518. The molecule has 1 fully saturated rings. The number of amides is 1. The van der Waals surface area contributed by atoms with Gasteiger partial charge in [-0.3, -0.25) is 4.99 Å². The van der Waals surface area contributed by atoms with E-state index >= 15 is 0 Å². The van der Waals surface area contributed by atoms with Crippen LogP contribution in [0, 0.1) is 0 Å². The zero-order valence-corrected chi connectivity index (χ0v) is 17.0. The van der Waals surface area contributed by atoms with Gasteiger partial charge < -0.3 is 25.0 Å². The Morgan fingerprint density at radius 1 is 1.30 bits per heavy atom. The minimum Gasteiger partial charge on any atom is -0.444 e. The van der Waals surface area contributed by atoms with Crippen LogP contribution in [0.5, 0.6) is 0 Å². The largest absolute Gasteiger partial charge is 0.444 e. The van der Waals surface area contributed by atoms with Gasteiger partial charge in [0.05, 0.1) is 19.8 Å². The molecule has 1 heterocycles. The number of nitrogens with zero attached hydrogens (tertiary/aromatic N) is 3. The van der Waals surface area contributed by atoms with Crippen molar-refractivity contribution >= 4 is 36.0 Å². The summed E-state index contributed by atoms with van der Waals surface area (Å²) in [6.07, 6.45) is 0.580. The molecule has 0 aromatic rings. The van der Waals surface area contributed by atoms with E-state index in [0.717, 1.165) is 19.5 Å². The Hall–Kier alpha value is -0.770. The third-order valence-corrected chi connectivity index (χ3v) is 3.12. The van der Waals surface area contributed by atoms with Crippen molar-refractivity contribution in [1.82, 2.24) is 9.80 Å². The molecule has 0 spiro atoms. The predicted molar refractivity (Wildman–Crippen MR) is 102 cm³/mol. The number of hydrogen-bond donors (Lipinski definition) is 1. The molecule has 1 aliphatic rings. The van der Waals surface area contributed by atoms with Gasteiger partial charge in [-0.15, -0.1) is 24.0 Å². The number of nitrogens with two attached hydrogens (primary N) is 1. The molecule has 1 aliphatic heterocycles. The molecule has 7 nitrogen and oxygen atoms in total. The standard InChI is InChI=1S/C15H30N4O3.HI/c1-5-7-19(14(20)22-15(2,3)4)8-6-17-13(16)18-9-11-21-12-10-18;/h5-12H2,1-4H3,(H2,16,17);1H. The van der Waals surface area contributed by atoms with E-state index in [-0.39, 0.29) is 30.1 Å². The van der Waals surface area contributed by atoms with Gasteiger partial charge in [0.2, 0.25) is 0 Å². The molecular formula is C15H31IN4O3. The first-order valence-electron chi connectivity index (χ1n) is 7.94. The van der Waals surface area contributed by atoms with E-state index in [1.807, 2.05) is 32.6 Å². The van der Waals surface area contributed by atoms with Crippen molar-refractivity contribution in [2.75, 3.05) is 45.9 Å². The second-order valence-corrected chi connectivity index (χ2v) is 6.31. The third kappa shape index (κ3) is 9.19. The second-order valence-electron chi connectivity index (χ2n) is 6.31. The molecule has 0 saturated carbocycles. The molecule has 0 atom stereocenters. The van der Waals surface area contributed by atoms with Gasteiger partial charge in [0.15, 0.2) is 5.96 Å². The Balaban J connectivity index is 0.00000484. The van der Waals surface area contributed by atoms with Gasteiger partial charge >= 0.3 is 6.09 Å². The van der Waals surface area contributed by atoms with Crippen LogP contribution in [0.4, 0.5) is 4.79 Å². The number of aliphatic imine (C=N–C) groups is 1. The van der Waals surface area contributed by atoms with Crippen LogP contribution in [0.3, 0.4) is 0 Å². The summed E-state index contributed by atoms with van der Waals surface area (Å²) in [6.45, 7) is 12.1. The number of guanidine groups is 1. The summed E-state index contributed by atoms with van der Waals surface area (Å²) < 4.78 is 10.7. The highest BCUT2D eigenvalue weighted by molar-refractivity contribution is 14.0. The first-order chi connectivity index (χ1) is 10.3. The Kier molecular flexibility index (Phi) is 10.5. The first kappa shape index (κ1) is 22.2. The van der Waals surface area contributed by atoms with Crippen LogP contribution in [-0.4, -0.2) is 73.4 Å². The predicted octanol–water partition coefficient (Wildman–Crippen LogP) is 1.90. The monoisotopic (exact) mass is 442 g/mol. The lowest BCUT2D eigenvalue weighted by atomic mass is 10.2. The molecule has 0 bridgehead atoms. The lowest BCUT2D eigenvalue weighted by Gasteiger charge is -2.28. The molecular weight excluding hydrogens is 411 g/mol. The van der Waals surface area contributed by atoms with Crippen molar-refractivity contribution < 1.29 is 14.3 Å². The van der Waals surface area contributed by atoms with Gasteiger partial charge in [0, 0.05) is 26.2 Å². The molecule has 0 unspecified atom stereocenters. The van der Waals surface area contributed by atoms with Crippen LogP contribution in [0.2, 0.25) is 0 Å². The zero-order chi connectivity index (χ0) is 16.6. The first-order valence-corrected chi connectivity index (χ1v) is 7.94. The van der Waals surface area contributed by atoms with E-state index in [0.29, 0.717) is 38.8 Å². The average molecular weight is 442 g/mol. The van der Waals surface area contributed by atoms with Crippen LogP contribution in [0.25, 0.3) is 0 Å². The Labute approximate surface area is 156 Å². The molecule has 136 valence electrons. The molecule has 8 heteroatoms. The maximum atomic E-state index is 12.1. The Morgan fingerprint density at radius 3 is 2.43 bits per heavy atom. The minimum atomic E-state index is -0.487. The van der Waals surface area contributed by atoms with Crippen molar-refractivity contribution in [3.8, 4) is 0 Å². The Morgan fingerprint density at radius 2 is 1.91 bits per heavy atom. The normalized spacial score (nSPS) is 15.8. The topological polar surface area (TPSA) is 80.4 Å². The highest BCUT2D eigenvalue weighted by Gasteiger charge is 2.21. The van der Waals surface area contributed by atoms with E-state index in [1.54, 1.807) is 4.90 Å². The van der Waals surface area contributed by atoms with Crippen molar-refractivity contribution in [3.05, 3.63) is 0 Å². The summed E-state index contributed by atoms with van der Waals surface area (Å²) in [5, 5.41) is 0. The van der Waals surface area contributed by atoms with Crippen molar-refractivity contribution in [3.63, 3.8) is 0 Å². The van der Waals surface area contributed by atoms with E-state index in [4.69, 9.17) is 15.2 Å². The SMILES string of the molecule is CCCN(CCN=C(N)N1CCOCC1)C(=O)OC(C)(C)C.I. The van der Waals surface area contributed by atoms with Crippen LogP contribution in [0.15, 0.2) is 4.99 Å². The van der Waals surface area contributed by atoms with E-state index < -0.39 is 5.60 Å². The van der Waals surface area contributed by atoms with Crippen LogP contribution in [-0.2, 0) is 9.47 Å². The molecule has 0 aliphatic carbocycles. The molecule has 0 aromatic carbocycles. The lowest BCUT2D eigenvalue weighted by Crippen LogP contribution is -2.45. The molecule has 2 N–H and O–H groups in total. The van der Waals surface area contributed by atoms with Crippen LogP contribution in [0.1, 0.15) is 34.1 Å². The zero-order valence-electron chi connectivity index (χ0n) is 14.7. The molecule has 0 radical (unpaired) electrons. The van der Waals surface area contributed by atoms with Crippen LogP contribution < -0.4 is 5.73 Å². The van der Waals surface area contributed by atoms with Gasteiger partial charge in [-0.25, -0.2) is 4.79 Å². The maximum Gasteiger partial charge on any atom is 0.410 e. The van der Waals surface area contributed by atoms with E-state index in [1.165, 1.54) is 0 Å². The van der Waals surface area contributed by atoms with Gasteiger partial charge in [-0.2, -0.15) is 0 Å². The molecule has 1 amide bonds. The number of ether oxygens (including phenoxy) is 2. The smallest absolute Gasteiger partial charge is 0.410 e. The van der Waals surface area contributed by atoms with Gasteiger partial charge in [-0.05, 0) is 27.2 Å². The summed E-state index contributed by atoms with van der Waals surface area (Å²) in [7, 11) is 0. The number of morpholine rings is 1. The second kappa shape index (κ2) is 10.9. The number of rotatable bonds is 5. The van der Waals surface area contributed by atoms with Crippen molar-refractivity contribution in [2.45, 2.75) is 39.7 Å². The number of hydrogen-bond acceptors (Lipinski definition) is 4. The van der Waals surface area contributed by atoms with Gasteiger partial charge in [-0.1, -0.05) is 6.92 Å². The Bertz CT molecular complexity index is 379. The fraction of sp³-hybridized carbons (Fsp3) is 0.867. The summed E-state index contributed by atoms with van der Waals surface area (Å²) >= 11 is 0. The number of carbonyl (C=O) groups excluding carboxylic acids is 1. The van der Waals surface area contributed by atoms with E-state index in [2.05, 4.69) is 4.99 Å². The molecule has 1 rings (SSSR count). The highest BCUT2D eigenvalue weighted by atomic mass is 127. The summed E-state index contributed by atoms with van der Waals surface area (Å²) in [4.78, 5) is 20.2. The van der Waals surface area contributed by atoms with Crippen molar-refractivity contribution in [2.24, 2.45) is 10.7 Å². The number of carbonyl (C=O) groups is 1. The van der Waals surface area contributed by atoms with Gasteiger partial charge in [0.25, 0.3) is 0 Å². The minimum absolute atomic E-state index is 0. The van der Waals surface area contributed by atoms with E-state index in [9.17, 15) is 4.79 Å². The fourth-order valence-electron chi connectivity index (χ4n) is 2.07. The fourth-order valence-corrected chi connectivity index (χ4v) is 2.07.